The second kappa shape index (κ2) is 6.20. The van der Waals surface area contributed by atoms with Crippen LogP contribution in [0.3, 0.4) is 0 Å². The van der Waals surface area contributed by atoms with Crippen molar-refractivity contribution in [3.8, 4) is 0 Å². The number of nitrogens with one attached hydrogen (secondary N) is 1. The van der Waals surface area contributed by atoms with Gasteiger partial charge in [0.05, 0.1) is 5.02 Å². The van der Waals surface area contributed by atoms with Gasteiger partial charge in [0.2, 0.25) is 10.0 Å². The fourth-order valence-electron chi connectivity index (χ4n) is 2.44. The van der Waals surface area contributed by atoms with E-state index in [2.05, 4.69) is 4.72 Å². The molecule has 1 aliphatic carbocycles. The average molecular weight is 356 g/mol. The minimum absolute atomic E-state index is 0.0169. The molecule has 0 heterocycles. The third-order valence-electron chi connectivity index (χ3n) is 3.72. The van der Waals surface area contributed by atoms with Gasteiger partial charge in [0, 0.05) is 11.1 Å². The van der Waals surface area contributed by atoms with Crippen molar-refractivity contribution in [3.63, 3.8) is 0 Å². The van der Waals surface area contributed by atoms with Gasteiger partial charge in [0.25, 0.3) is 0 Å². The molecular weight excluding hydrogens is 341 g/mol. The van der Waals surface area contributed by atoms with Crippen molar-refractivity contribution in [2.75, 3.05) is 0 Å². The number of halogens is 2. The summed E-state index contributed by atoms with van der Waals surface area (Å²) < 4.78 is 28.1. The molecule has 116 valence electrons. The number of rotatable bonds is 5. The zero-order valence-electron chi connectivity index (χ0n) is 11.7. The summed E-state index contributed by atoms with van der Waals surface area (Å²) in [7, 11) is -3.73. The van der Waals surface area contributed by atoms with Crippen molar-refractivity contribution < 1.29 is 8.42 Å². The van der Waals surface area contributed by atoms with Crippen molar-refractivity contribution in [3.05, 3.63) is 64.1 Å². The first kappa shape index (κ1) is 15.8. The Bertz CT molecular complexity index is 774. The van der Waals surface area contributed by atoms with Crippen LogP contribution in [0.25, 0.3) is 0 Å². The Kier molecular flexibility index (Phi) is 4.46. The molecule has 3 nitrogen and oxygen atoms in total. The fourth-order valence-corrected chi connectivity index (χ4v) is 4.50. The van der Waals surface area contributed by atoms with Gasteiger partial charge in [-0.1, -0.05) is 53.5 Å². The van der Waals surface area contributed by atoms with Crippen molar-refractivity contribution in [2.45, 2.75) is 23.8 Å². The molecule has 2 aromatic rings. The van der Waals surface area contributed by atoms with Gasteiger partial charge in [-0.05, 0) is 42.5 Å². The fraction of sp³-hybridized carbons (Fsp3) is 0.250. The lowest BCUT2D eigenvalue weighted by Crippen LogP contribution is -2.30. The van der Waals surface area contributed by atoms with Crippen molar-refractivity contribution >= 4 is 33.2 Å². The molecule has 0 aromatic heterocycles. The van der Waals surface area contributed by atoms with Crippen molar-refractivity contribution in [1.29, 1.82) is 0 Å². The quantitative estimate of drug-likeness (QED) is 0.862. The first-order chi connectivity index (χ1) is 10.5. The van der Waals surface area contributed by atoms with Crippen LogP contribution in [-0.4, -0.2) is 8.42 Å². The largest absolute Gasteiger partial charge is 0.242 e. The van der Waals surface area contributed by atoms with E-state index in [0.29, 0.717) is 10.9 Å². The van der Waals surface area contributed by atoms with Crippen LogP contribution >= 0.6 is 23.2 Å². The summed E-state index contributed by atoms with van der Waals surface area (Å²) in [5.41, 5.74) is 0.965. The Morgan fingerprint density at radius 2 is 1.73 bits per heavy atom. The summed E-state index contributed by atoms with van der Waals surface area (Å²) in [6.07, 6.45) is 2.04. The SMILES string of the molecule is O=S(=O)(NC(c1ccccc1)C1CC1)c1cc(Cl)ccc1Cl. The lowest BCUT2D eigenvalue weighted by molar-refractivity contribution is 0.529. The molecule has 1 N–H and O–H groups in total. The van der Waals surface area contributed by atoms with Crippen LogP contribution in [0.1, 0.15) is 24.4 Å². The van der Waals surface area contributed by atoms with Gasteiger partial charge in [-0.3, -0.25) is 0 Å². The smallest absolute Gasteiger partial charge is 0.207 e. The lowest BCUT2D eigenvalue weighted by Gasteiger charge is -2.19. The van der Waals surface area contributed by atoms with Gasteiger partial charge < -0.3 is 0 Å². The molecule has 1 fully saturated rings. The molecule has 0 aliphatic heterocycles. The molecule has 22 heavy (non-hydrogen) atoms. The molecule has 1 aliphatic rings. The minimum Gasteiger partial charge on any atom is -0.207 e. The Hall–Kier alpha value is -1.07. The molecule has 0 amide bonds. The van der Waals surface area contributed by atoms with E-state index < -0.39 is 10.0 Å². The van der Waals surface area contributed by atoms with E-state index in [0.717, 1.165) is 18.4 Å². The van der Waals surface area contributed by atoms with E-state index in [-0.39, 0.29) is 16.0 Å². The highest BCUT2D eigenvalue weighted by molar-refractivity contribution is 7.89. The van der Waals surface area contributed by atoms with Gasteiger partial charge in [-0.15, -0.1) is 0 Å². The van der Waals surface area contributed by atoms with Gasteiger partial charge in [-0.2, -0.15) is 0 Å². The van der Waals surface area contributed by atoms with Gasteiger partial charge >= 0.3 is 0 Å². The van der Waals surface area contributed by atoms with E-state index >= 15 is 0 Å². The number of sulfonamides is 1. The van der Waals surface area contributed by atoms with Crippen LogP contribution in [0.15, 0.2) is 53.4 Å². The van der Waals surface area contributed by atoms with Crippen LogP contribution < -0.4 is 4.72 Å². The van der Waals surface area contributed by atoms with E-state index in [1.807, 2.05) is 30.3 Å². The maximum Gasteiger partial charge on any atom is 0.242 e. The highest BCUT2D eigenvalue weighted by atomic mass is 35.5. The molecule has 1 atom stereocenters. The zero-order chi connectivity index (χ0) is 15.7. The molecule has 6 heteroatoms. The van der Waals surface area contributed by atoms with E-state index in [1.54, 1.807) is 6.07 Å². The first-order valence-corrected chi connectivity index (χ1v) is 9.23. The first-order valence-electron chi connectivity index (χ1n) is 7.00. The van der Waals surface area contributed by atoms with Crippen LogP contribution in [-0.2, 0) is 10.0 Å². The third kappa shape index (κ3) is 3.46. The van der Waals surface area contributed by atoms with Crippen LogP contribution in [0, 0.1) is 5.92 Å². The summed E-state index contributed by atoms with van der Waals surface area (Å²) in [5.74, 6) is 0.329. The molecule has 3 rings (SSSR count). The topological polar surface area (TPSA) is 46.2 Å². The summed E-state index contributed by atoms with van der Waals surface area (Å²) in [6.45, 7) is 0. The molecule has 1 saturated carbocycles. The van der Waals surface area contributed by atoms with Gasteiger partial charge in [-0.25, -0.2) is 13.1 Å². The highest BCUT2D eigenvalue weighted by Gasteiger charge is 2.35. The van der Waals surface area contributed by atoms with Crippen molar-refractivity contribution in [2.24, 2.45) is 5.92 Å². The van der Waals surface area contributed by atoms with E-state index in [9.17, 15) is 8.42 Å². The maximum absolute atomic E-state index is 12.7. The lowest BCUT2D eigenvalue weighted by atomic mass is 10.0. The Balaban J connectivity index is 1.94. The van der Waals surface area contributed by atoms with E-state index in [1.165, 1.54) is 12.1 Å². The van der Waals surface area contributed by atoms with Crippen LogP contribution in [0.2, 0.25) is 10.0 Å². The molecule has 1 unspecified atom stereocenters. The highest BCUT2D eigenvalue weighted by Crippen LogP contribution is 2.42. The average Bonchev–Trinajstić information content (AvgIpc) is 3.33. The standard InChI is InChI=1S/C16H15Cl2NO2S/c17-13-8-9-14(18)15(10-13)22(20,21)19-16(12-6-7-12)11-4-2-1-3-5-11/h1-5,8-10,12,16,19H,6-7H2. The minimum atomic E-state index is -3.73. The maximum atomic E-state index is 12.7. The monoisotopic (exact) mass is 355 g/mol. The molecule has 0 saturated heterocycles. The molecule has 0 bridgehead atoms. The van der Waals surface area contributed by atoms with Crippen LogP contribution in [0.5, 0.6) is 0 Å². The molecule has 0 spiro atoms. The Labute approximate surface area is 140 Å². The van der Waals surface area contributed by atoms with Gasteiger partial charge in [0.15, 0.2) is 0 Å². The molecule has 0 radical (unpaired) electrons. The second-order valence-corrected chi connectivity index (χ2v) is 7.95. The normalized spacial score (nSPS) is 16.5. The van der Waals surface area contributed by atoms with Crippen molar-refractivity contribution in [1.82, 2.24) is 4.72 Å². The summed E-state index contributed by atoms with van der Waals surface area (Å²) in [5, 5.41) is 0.506. The Morgan fingerprint density at radius 3 is 2.36 bits per heavy atom. The third-order valence-corrected chi connectivity index (χ3v) is 5.87. The number of hydrogen-bond acceptors (Lipinski definition) is 2. The zero-order valence-corrected chi connectivity index (χ0v) is 14.0. The summed E-state index contributed by atoms with van der Waals surface area (Å²) in [4.78, 5) is 0.0169. The van der Waals surface area contributed by atoms with Gasteiger partial charge in [0.1, 0.15) is 4.90 Å². The molecule has 2 aromatic carbocycles. The Morgan fingerprint density at radius 1 is 1.05 bits per heavy atom. The predicted octanol–water partition coefficient (Wildman–Crippen LogP) is 4.42. The van der Waals surface area contributed by atoms with E-state index in [4.69, 9.17) is 23.2 Å². The number of hydrogen-bond donors (Lipinski definition) is 1. The predicted molar refractivity (Wildman–Crippen MR) is 88.7 cm³/mol. The summed E-state index contributed by atoms with van der Waals surface area (Å²) >= 11 is 11.9. The second-order valence-electron chi connectivity index (χ2n) is 5.42. The van der Waals surface area contributed by atoms with Crippen LogP contribution in [0.4, 0.5) is 0 Å². The number of benzene rings is 2. The summed E-state index contributed by atoms with van der Waals surface area (Å²) in [6, 6.07) is 13.8. The molecular formula is C16H15Cl2NO2S.